The van der Waals surface area contributed by atoms with Crippen LogP contribution in [0.3, 0.4) is 0 Å². The lowest BCUT2D eigenvalue weighted by atomic mass is 9.93. The van der Waals surface area contributed by atoms with Crippen LogP contribution < -0.4 is 10.9 Å². The average Bonchev–Trinajstić information content (AvgIpc) is 3.56. The van der Waals surface area contributed by atoms with Crippen LogP contribution in [0.25, 0.3) is 10.8 Å². The van der Waals surface area contributed by atoms with Crippen molar-refractivity contribution in [3.63, 3.8) is 0 Å². The van der Waals surface area contributed by atoms with Crippen LogP contribution in [0.2, 0.25) is 10.0 Å². The molecule has 2 N–H and O–H groups in total. The zero-order valence-corrected chi connectivity index (χ0v) is 26.9. The number of hydrogen-bond acceptors (Lipinski definition) is 6. The highest BCUT2D eigenvalue weighted by Gasteiger charge is 2.48. The Labute approximate surface area is 269 Å². The van der Waals surface area contributed by atoms with Crippen LogP contribution in [-0.4, -0.2) is 81.5 Å². The van der Waals surface area contributed by atoms with Crippen LogP contribution in [0.1, 0.15) is 61.8 Å². The first-order chi connectivity index (χ1) is 21.2. The molecule has 1 aromatic heterocycles. The maximum atomic E-state index is 15.1. The maximum absolute atomic E-state index is 15.1. The van der Waals surface area contributed by atoms with Gasteiger partial charge in [-0.3, -0.25) is 14.4 Å². The molecule has 10 nitrogen and oxygen atoms in total. The number of nitrogens with zero attached hydrogens (tertiary/aromatic N) is 3. The van der Waals surface area contributed by atoms with Gasteiger partial charge in [0, 0.05) is 29.7 Å². The predicted octanol–water partition coefficient (Wildman–Crippen LogP) is 5.37. The average molecular weight is 659 g/mol. The van der Waals surface area contributed by atoms with E-state index in [2.05, 4.69) is 10.3 Å². The van der Waals surface area contributed by atoms with Crippen LogP contribution in [0.4, 0.5) is 14.9 Å². The fourth-order valence-electron chi connectivity index (χ4n) is 6.67. The van der Waals surface area contributed by atoms with Gasteiger partial charge < -0.3 is 29.7 Å². The van der Waals surface area contributed by atoms with Crippen molar-refractivity contribution in [3.8, 4) is 0 Å². The lowest BCUT2D eigenvalue weighted by Gasteiger charge is -2.36. The molecule has 13 heteroatoms. The molecule has 0 spiro atoms. The molecule has 6 rings (SSSR count). The summed E-state index contributed by atoms with van der Waals surface area (Å²) in [4.78, 5) is 59.8. The second-order valence-electron chi connectivity index (χ2n) is 12.9. The Morgan fingerprint density at radius 1 is 1.04 bits per heavy atom. The molecule has 3 aromatic rings. The van der Waals surface area contributed by atoms with Gasteiger partial charge in [0.05, 0.1) is 35.7 Å². The summed E-state index contributed by atoms with van der Waals surface area (Å²) >= 11 is 12.6. The lowest BCUT2D eigenvalue weighted by Crippen LogP contribution is -2.51. The molecule has 45 heavy (non-hydrogen) atoms. The normalized spacial score (nSPS) is 20.9. The van der Waals surface area contributed by atoms with E-state index in [1.807, 2.05) is 13.0 Å². The first kappa shape index (κ1) is 31.2. The number of likely N-dealkylation sites (tertiary alicyclic amines) is 2. The van der Waals surface area contributed by atoms with Gasteiger partial charge >= 0.3 is 6.09 Å². The zero-order chi connectivity index (χ0) is 32.4. The van der Waals surface area contributed by atoms with Gasteiger partial charge in [-0.2, -0.15) is 0 Å². The van der Waals surface area contributed by atoms with Gasteiger partial charge in [-0.05, 0) is 87.4 Å². The van der Waals surface area contributed by atoms with E-state index in [0.717, 1.165) is 17.2 Å². The van der Waals surface area contributed by atoms with Gasteiger partial charge in [-0.15, -0.1) is 0 Å². The molecular weight excluding hydrogens is 624 g/mol. The fourth-order valence-corrected chi connectivity index (χ4v) is 7.36. The molecule has 0 aliphatic carbocycles. The van der Waals surface area contributed by atoms with Crippen molar-refractivity contribution in [2.45, 2.75) is 64.3 Å². The Bertz CT molecular complexity index is 1790. The second-order valence-corrected chi connectivity index (χ2v) is 13.7. The van der Waals surface area contributed by atoms with E-state index in [4.69, 9.17) is 27.9 Å². The van der Waals surface area contributed by atoms with Gasteiger partial charge in [0.25, 0.3) is 11.5 Å². The summed E-state index contributed by atoms with van der Waals surface area (Å²) in [7, 11) is 0. The number of carbonyl (C=O) groups excluding carboxylic acids is 3. The standard InChI is InChI=1S/C32H34Cl2FN5O5/c1-16-28-17(7-19(33)10-23(28)34)5-6-38(16)27(41)13-36-25-8-18-9-26(37-29(42)22(18)12-24(25)35)30(43)39-14-21-11-20(39)15-40(21)31(44)45-32(2,3)4/h7-10,12,16,20-21,36H,5-6,11,13-15H2,1-4H3,(H,37,42). The van der Waals surface area contributed by atoms with Crippen molar-refractivity contribution >= 4 is 57.6 Å². The Hall–Kier alpha value is -3.83. The summed E-state index contributed by atoms with van der Waals surface area (Å²) in [5, 5.41) is 4.33. The number of pyridine rings is 1. The number of piperazine rings is 1. The van der Waals surface area contributed by atoms with Gasteiger partial charge in [-0.25, -0.2) is 9.18 Å². The molecular formula is C32H34Cl2FN5O5. The molecule has 3 unspecified atom stereocenters. The Balaban J connectivity index is 1.16. The molecule has 2 bridgehead atoms. The highest BCUT2D eigenvalue weighted by Crippen LogP contribution is 2.37. The van der Waals surface area contributed by atoms with Crippen LogP contribution in [0.15, 0.2) is 35.1 Å². The molecule has 3 amide bonds. The quantitative estimate of drug-likeness (QED) is 0.390. The minimum atomic E-state index is -0.700. The van der Waals surface area contributed by atoms with Crippen molar-refractivity contribution in [1.82, 2.24) is 19.7 Å². The fraction of sp³-hybridized carbons (Fsp3) is 0.438. The smallest absolute Gasteiger partial charge is 0.410 e. The van der Waals surface area contributed by atoms with E-state index in [1.165, 1.54) is 12.1 Å². The molecule has 0 radical (unpaired) electrons. The molecule has 3 aliphatic heterocycles. The number of ether oxygens (including phenoxy) is 1. The van der Waals surface area contributed by atoms with Gasteiger partial charge in [0.1, 0.15) is 17.1 Å². The summed E-state index contributed by atoms with van der Waals surface area (Å²) < 4.78 is 20.6. The summed E-state index contributed by atoms with van der Waals surface area (Å²) in [6, 6.07) is 6.88. The highest BCUT2D eigenvalue weighted by molar-refractivity contribution is 6.35. The van der Waals surface area contributed by atoms with E-state index >= 15 is 4.39 Å². The summed E-state index contributed by atoms with van der Waals surface area (Å²) in [6.45, 7) is 8.23. The Morgan fingerprint density at radius 2 is 1.76 bits per heavy atom. The minimum absolute atomic E-state index is 0.0305. The van der Waals surface area contributed by atoms with E-state index in [1.54, 1.807) is 41.5 Å². The molecule has 3 atom stereocenters. The molecule has 2 fully saturated rings. The number of rotatable bonds is 4. The number of aromatic amines is 1. The van der Waals surface area contributed by atoms with E-state index < -0.39 is 23.1 Å². The van der Waals surface area contributed by atoms with Crippen LogP contribution >= 0.6 is 23.2 Å². The van der Waals surface area contributed by atoms with Gasteiger partial charge in [-0.1, -0.05) is 23.2 Å². The summed E-state index contributed by atoms with van der Waals surface area (Å²) in [5.74, 6) is -1.32. The molecule has 0 saturated carbocycles. The Kier molecular flexibility index (Phi) is 7.97. The zero-order valence-electron chi connectivity index (χ0n) is 25.4. The number of anilines is 1. The number of halogens is 3. The maximum Gasteiger partial charge on any atom is 0.410 e. The van der Waals surface area contributed by atoms with E-state index in [9.17, 15) is 19.2 Å². The molecule has 2 aromatic carbocycles. The van der Waals surface area contributed by atoms with Crippen molar-refractivity contribution in [1.29, 1.82) is 0 Å². The largest absolute Gasteiger partial charge is 0.444 e. The highest BCUT2D eigenvalue weighted by atomic mass is 35.5. The lowest BCUT2D eigenvalue weighted by molar-refractivity contribution is -0.131. The van der Waals surface area contributed by atoms with Gasteiger partial charge in [0.2, 0.25) is 5.91 Å². The summed E-state index contributed by atoms with van der Waals surface area (Å²) in [5.41, 5.74) is 0.711. The molecule has 4 heterocycles. The predicted molar refractivity (Wildman–Crippen MR) is 169 cm³/mol. The van der Waals surface area contributed by atoms with E-state index in [0.29, 0.717) is 47.9 Å². The van der Waals surface area contributed by atoms with Crippen molar-refractivity contribution in [2.75, 3.05) is 31.5 Å². The molecule has 238 valence electrons. The number of aromatic nitrogens is 1. The number of amides is 3. The van der Waals surface area contributed by atoms with Crippen molar-refractivity contribution < 1.29 is 23.5 Å². The minimum Gasteiger partial charge on any atom is -0.444 e. The topological polar surface area (TPSA) is 115 Å². The third-order valence-electron chi connectivity index (χ3n) is 8.73. The number of carbonyl (C=O) groups is 3. The number of fused-ring (bicyclic) bond motifs is 4. The number of H-pyrrole nitrogens is 1. The van der Waals surface area contributed by atoms with Gasteiger partial charge in [0.15, 0.2) is 0 Å². The van der Waals surface area contributed by atoms with Crippen LogP contribution in [-0.2, 0) is 16.0 Å². The third-order valence-corrected chi connectivity index (χ3v) is 9.26. The van der Waals surface area contributed by atoms with Crippen molar-refractivity contribution in [3.05, 3.63) is 73.4 Å². The van der Waals surface area contributed by atoms with Crippen LogP contribution in [0.5, 0.6) is 0 Å². The SMILES string of the molecule is CC1c2c(Cl)cc(Cl)cc2CCN1C(=O)CNc1cc2cc(C(=O)N3CC4CC3CN4C(=O)OC(C)(C)C)[nH]c(=O)c2cc1F. The first-order valence-corrected chi connectivity index (χ1v) is 15.6. The second kappa shape index (κ2) is 11.5. The summed E-state index contributed by atoms with van der Waals surface area (Å²) in [6.07, 6.45) is 0.805. The number of nitrogens with one attached hydrogen (secondary N) is 2. The van der Waals surface area contributed by atoms with Crippen molar-refractivity contribution in [2.24, 2.45) is 0 Å². The van der Waals surface area contributed by atoms with Crippen LogP contribution in [0, 0.1) is 5.82 Å². The molecule has 2 saturated heterocycles. The third kappa shape index (κ3) is 5.95. The first-order valence-electron chi connectivity index (χ1n) is 14.9. The molecule has 3 aliphatic rings. The Morgan fingerprint density at radius 3 is 2.44 bits per heavy atom. The monoisotopic (exact) mass is 657 g/mol. The van der Waals surface area contributed by atoms with E-state index in [-0.39, 0.29) is 53.3 Å². The number of hydrogen-bond donors (Lipinski definition) is 2. The number of benzene rings is 2.